The van der Waals surface area contributed by atoms with Crippen LogP contribution in [0.25, 0.3) is 0 Å². The molecule has 0 radical (unpaired) electrons. The fourth-order valence-electron chi connectivity index (χ4n) is 6.55. The maximum Gasteiger partial charge on any atom is 0.200 e. The Labute approximate surface area is 170 Å². The molecule has 2 saturated carbocycles. The molecule has 1 spiro atoms. The van der Waals surface area contributed by atoms with Gasteiger partial charge in [0, 0.05) is 5.41 Å². The summed E-state index contributed by atoms with van der Waals surface area (Å²) in [5.74, 6) is 0.874. The van der Waals surface area contributed by atoms with E-state index in [0.29, 0.717) is 36.7 Å². The number of phenols is 1. The number of rotatable bonds is 0. The summed E-state index contributed by atoms with van der Waals surface area (Å²) in [6, 6.07) is 2.11. The van der Waals surface area contributed by atoms with Crippen molar-refractivity contribution in [2.24, 2.45) is 17.3 Å². The summed E-state index contributed by atoms with van der Waals surface area (Å²) in [7, 11) is 0. The number of halogens is 2. The topological polar surface area (TPSA) is 58.9 Å². The van der Waals surface area contributed by atoms with Gasteiger partial charge in [0.25, 0.3) is 0 Å². The molecule has 3 fully saturated rings. The van der Waals surface area contributed by atoms with E-state index < -0.39 is 11.9 Å². The first kappa shape index (κ1) is 17.9. The molecule has 0 aromatic heterocycles. The number of fused-ring (bicyclic) bond motifs is 6. The van der Waals surface area contributed by atoms with Gasteiger partial charge in [-0.15, -0.1) is 0 Å². The van der Waals surface area contributed by atoms with Crippen LogP contribution in [0.5, 0.6) is 5.75 Å². The summed E-state index contributed by atoms with van der Waals surface area (Å²) < 4.78 is 13.7. The smallest absolute Gasteiger partial charge is 0.200 e. The van der Waals surface area contributed by atoms with Crippen LogP contribution >= 0.6 is 31.9 Å². The minimum absolute atomic E-state index is 0.132. The van der Waals surface area contributed by atoms with Crippen LogP contribution in [0.3, 0.4) is 0 Å². The highest BCUT2D eigenvalue weighted by Crippen LogP contribution is 2.66. The Balaban J connectivity index is 1.56. The predicted molar refractivity (Wildman–Crippen MR) is 104 cm³/mol. The van der Waals surface area contributed by atoms with Crippen molar-refractivity contribution in [1.29, 1.82) is 0 Å². The van der Waals surface area contributed by atoms with Gasteiger partial charge in [0.2, 0.25) is 0 Å². The molecule has 0 unspecified atom stereocenters. The van der Waals surface area contributed by atoms with Gasteiger partial charge in [-0.3, -0.25) is 0 Å². The summed E-state index contributed by atoms with van der Waals surface area (Å²) in [5.41, 5.74) is 2.47. The SMILES string of the molecule is C[C@]12CC[C@H]3c4cc(Br)c(O)c(Br)c4CC[C@H]3[C@H]1C[C@@H](O)C21OCCO1. The maximum absolute atomic E-state index is 10.9. The molecular formula is C20H24Br2O4. The highest BCUT2D eigenvalue weighted by atomic mass is 79.9. The Bertz CT molecular complexity index is 761. The predicted octanol–water partition coefficient (Wildman–Crippen LogP) is 4.49. The summed E-state index contributed by atoms with van der Waals surface area (Å²) >= 11 is 7.11. The molecular weight excluding hydrogens is 464 g/mol. The van der Waals surface area contributed by atoms with Gasteiger partial charge < -0.3 is 19.7 Å². The van der Waals surface area contributed by atoms with Gasteiger partial charge in [0.1, 0.15) is 11.9 Å². The van der Waals surface area contributed by atoms with Crippen molar-refractivity contribution in [2.45, 2.75) is 56.8 Å². The Morgan fingerprint density at radius 2 is 1.92 bits per heavy atom. The normalized spacial score (nSPS) is 40.3. The number of hydrogen-bond donors (Lipinski definition) is 2. The van der Waals surface area contributed by atoms with Crippen molar-refractivity contribution < 1.29 is 19.7 Å². The van der Waals surface area contributed by atoms with Gasteiger partial charge >= 0.3 is 0 Å². The molecule has 1 heterocycles. The molecule has 1 aliphatic heterocycles. The fraction of sp³-hybridized carbons (Fsp3) is 0.700. The van der Waals surface area contributed by atoms with E-state index in [1.807, 2.05) is 0 Å². The number of aliphatic hydroxyl groups excluding tert-OH is 1. The average molecular weight is 488 g/mol. The third-order valence-electron chi connectivity index (χ3n) is 7.71. The summed E-state index contributed by atoms with van der Waals surface area (Å²) in [6.45, 7) is 3.43. The minimum Gasteiger partial charge on any atom is -0.506 e. The van der Waals surface area contributed by atoms with E-state index in [1.54, 1.807) is 0 Å². The Kier molecular flexibility index (Phi) is 4.09. The van der Waals surface area contributed by atoms with Gasteiger partial charge in [-0.2, -0.15) is 0 Å². The van der Waals surface area contributed by atoms with E-state index >= 15 is 0 Å². The van der Waals surface area contributed by atoms with Crippen LogP contribution in [0, 0.1) is 17.3 Å². The van der Waals surface area contributed by atoms with Crippen molar-refractivity contribution in [3.8, 4) is 5.75 Å². The van der Waals surface area contributed by atoms with Gasteiger partial charge in [-0.1, -0.05) is 6.92 Å². The molecule has 0 bridgehead atoms. The van der Waals surface area contributed by atoms with Crippen LogP contribution < -0.4 is 0 Å². The number of ether oxygens (including phenoxy) is 2. The van der Waals surface area contributed by atoms with Gasteiger partial charge in [-0.25, -0.2) is 0 Å². The van der Waals surface area contributed by atoms with E-state index in [0.717, 1.165) is 41.0 Å². The number of benzene rings is 1. The maximum atomic E-state index is 10.9. The van der Waals surface area contributed by atoms with Crippen molar-refractivity contribution in [1.82, 2.24) is 0 Å². The molecule has 4 nitrogen and oxygen atoms in total. The molecule has 1 aromatic rings. The molecule has 3 aliphatic carbocycles. The van der Waals surface area contributed by atoms with Crippen molar-refractivity contribution >= 4 is 31.9 Å². The van der Waals surface area contributed by atoms with Crippen molar-refractivity contribution in [3.63, 3.8) is 0 Å². The zero-order valence-corrected chi connectivity index (χ0v) is 18.0. The lowest BCUT2D eigenvalue weighted by atomic mass is 9.55. The van der Waals surface area contributed by atoms with E-state index in [4.69, 9.17) is 9.47 Å². The van der Waals surface area contributed by atoms with Crippen LogP contribution in [-0.2, 0) is 15.9 Å². The monoisotopic (exact) mass is 486 g/mol. The van der Waals surface area contributed by atoms with Crippen LogP contribution in [-0.4, -0.2) is 35.3 Å². The lowest BCUT2D eigenvalue weighted by Crippen LogP contribution is -2.54. The number of hydrogen-bond acceptors (Lipinski definition) is 4. The van der Waals surface area contributed by atoms with E-state index in [-0.39, 0.29) is 5.41 Å². The Morgan fingerprint density at radius 1 is 1.19 bits per heavy atom. The van der Waals surface area contributed by atoms with E-state index in [9.17, 15) is 10.2 Å². The largest absolute Gasteiger partial charge is 0.506 e. The quantitative estimate of drug-likeness (QED) is 0.566. The highest BCUT2D eigenvalue weighted by molar-refractivity contribution is 9.11. The van der Waals surface area contributed by atoms with Crippen molar-refractivity contribution in [2.75, 3.05) is 13.2 Å². The second-order valence-electron chi connectivity index (χ2n) is 8.58. The lowest BCUT2D eigenvalue weighted by molar-refractivity contribution is -0.270. The zero-order chi connectivity index (χ0) is 18.3. The van der Waals surface area contributed by atoms with E-state index in [2.05, 4.69) is 44.8 Å². The molecule has 0 amide bonds. The molecule has 26 heavy (non-hydrogen) atoms. The standard InChI is InChI=1S/C20H24Br2O4/c1-19-5-4-10-11(14(19)9-16(23)20(19)25-6-7-26-20)2-3-12-13(10)8-15(21)18(24)17(12)22/h8,10-11,14,16,23-24H,2-7,9H2,1H3/t10-,11-,14-,16-,19+/m1/s1. The average Bonchev–Trinajstić information content (AvgIpc) is 3.20. The summed E-state index contributed by atoms with van der Waals surface area (Å²) in [6.07, 6.45) is 4.31. The van der Waals surface area contributed by atoms with E-state index in [1.165, 1.54) is 11.1 Å². The number of aliphatic hydroxyl groups is 1. The van der Waals surface area contributed by atoms with Gasteiger partial charge in [0.15, 0.2) is 5.79 Å². The molecule has 1 saturated heterocycles. The molecule has 1 aromatic carbocycles. The first-order valence-corrected chi connectivity index (χ1v) is 11.1. The van der Waals surface area contributed by atoms with Crippen LogP contribution in [0.2, 0.25) is 0 Å². The Hall–Kier alpha value is -0.140. The number of phenolic OH excluding ortho intramolecular Hbond substituents is 1. The minimum atomic E-state index is -0.807. The third-order valence-corrected chi connectivity index (χ3v) is 9.17. The molecule has 2 N–H and O–H groups in total. The fourth-order valence-corrected chi connectivity index (χ4v) is 7.90. The van der Waals surface area contributed by atoms with Crippen LogP contribution in [0.4, 0.5) is 0 Å². The molecule has 6 heteroatoms. The number of aromatic hydroxyl groups is 1. The first-order valence-electron chi connectivity index (χ1n) is 9.55. The summed E-state index contributed by atoms with van der Waals surface area (Å²) in [4.78, 5) is 0. The van der Waals surface area contributed by atoms with Gasteiger partial charge in [-0.05, 0) is 98.9 Å². The third kappa shape index (κ3) is 2.11. The van der Waals surface area contributed by atoms with Crippen molar-refractivity contribution in [3.05, 3.63) is 26.1 Å². The highest BCUT2D eigenvalue weighted by Gasteiger charge is 2.69. The summed E-state index contributed by atoms with van der Waals surface area (Å²) in [5, 5.41) is 21.2. The van der Waals surface area contributed by atoms with Gasteiger partial charge in [0.05, 0.1) is 22.2 Å². The molecule has 4 aliphatic rings. The first-order chi connectivity index (χ1) is 12.4. The zero-order valence-electron chi connectivity index (χ0n) is 14.8. The van der Waals surface area contributed by atoms with Crippen LogP contribution in [0.15, 0.2) is 15.0 Å². The second kappa shape index (κ2) is 5.93. The molecule has 142 valence electrons. The molecule has 5 atom stereocenters. The molecule has 5 rings (SSSR count). The second-order valence-corrected chi connectivity index (χ2v) is 10.2. The Morgan fingerprint density at radius 3 is 2.65 bits per heavy atom. The van der Waals surface area contributed by atoms with Crippen LogP contribution in [0.1, 0.15) is 49.7 Å². The lowest BCUT2D eigenvalue weighted by Gasteiger charge is -2.52.